The number of amides is 2. The summed E-state index contributed by atoms with van der Waals surface area (Å²) in [5, 5.41) is 0.529. The third-order valence-corrected chi connectivity index (χ3v) is 4.05. The van der Waals surface area contributed by atoms with Gasteiger partial charge >= 0.3 is 0 Å². The van der Waals surface area contributed by atoms with Gasteiger partial charge in [-0.3, -0.25) is 20.4 Å². The highest BCUT2D eigenvalue weighted by Crippen LogP contribution is 2.14. The third-order valence-electron chi connectivity index (χ3n) is 3.80. The number of nitrogens with zero attached hydrogens (tertiary/aromatic N) is 2. The quantitative estimate of drug-likeness (QED) is 0.662. The summed E-state index contributed by atoms with van der Waals surface area (Å²) in [6.45, 7) is 0.326. The van der Waals surface area contributed by atoms with Gasteiger partial charge in [0.25, 0.3) is 11.8 Å². The van der Waals surface area contributed by atoms with Gasteiger partial charge in [-0.1, -0.05) is 11.6 Å². The van der Waals surface area contributed by atoms with E-state index < -0.39 is 11.8 Å². The second-order valence-electron chi connectivity index (χ2n) is 5.68. The predicted octanol–water partition coefficient (Wildman–Crippen LogP) is 2.73. The molecule has 0 aliphatic heterocycles. The fourth-order valence-corrected chi connectivity index (χ4v) is 2.37. The molecule has 0 saturated heterocycles. The van der Waals surface area contributed by atoms with Crippen molar-refractivity contribution in [2.24, 2.45) is 7.05 Å². The molecule has 0 radical (unpaired) electrons. The molecule has 27 heavy (non-hydrogen) atoms. The first-order valence-corrected chi connectivity index (χ1v) is 8.46. The first kappa shape index (κ1) is 18.5. The zero-order valence-corrected chi connectivity index (χ0v) is 15.2. The average Bonchev–Trinajstić information content (AvgIpc) is 3.10. The van der Waals surface area contributed by atoms with Crippen LogP contribution < -0.4 is 15.6 Å². The Kier molecular flexibility index (Phi) is 5.73. The molecule has 0 spiro atoms. The molecule has 2 N–H and O–H groups in total. The van der Waals surface area contributed by atoms with Crippen LogP contribution in [0.4, 0.5) is 0 Å². The summed E-state index contributed by atoms with van der Waals surface area (Å²) in [5.41, 5.74) is 5.50. The molecule has 0 bridgehead atoms. The number of imidazole rings is 1. The summed E-state index contributed by atoms with van der Waals surface area (Å²) in [6, 6.07) is 12.9. The van der Waals surface area contributed by atoms with Gasteiger partial charge in [-0.05, 0) is 48.5 Å². The fraction of sp³-hybridized carbons (Fsp3) is 0.105. The summed E-state index contributed by atoms with van der Waals surface area (Å²) >= 11 is 5.78. The Bertz CT molecular complexity index is 936. The maximum absolute atomic E-state index is 12.1. The molecule has 1 aromatic heterocycles. The maximum atomic E-state index is 12.1. The van der Waals surface area contributed by atoms with E-state index in [1.54, 1.807) is 54.7 Å². The molecule has 0 unspecified atom stereocenters. The van der Waals surface area contributed by atoms with Crippen molar-refractivity contribution >= 4 is 23.4 Å². The predicted molar refractivity (Wildman–Crippen MR) is 100 cm³/mol. The second kappa shape index (κ2) is 8.37. The van der Waals surface area contributed by atoms with E-state index in [0.29, 0.717) is 28.5 Å². The van der Waals surface area contributed by atoms with Crippen molar-refractivity contribution in [2.75, 3.05) is 0 Å². The number of hydrazine groups is 1. The highest BCUT2D eigenvalue weighted by Gasteiger charge is 2.09. The van der Waals surface area contributed by atoms with Crippen LogP contribution >= 0.6 is 11.6 Å². The monoisotopic (exact) mass is 384 g/mol. The zero-order chi connectivity index (χ0) is 19.2. The molecule has 8 heteroatoms. The molecule has 138 valence electrons. The fourth-order valence-electron chi connectivity index (χ4n) is 2.25. The SMILES string of the molecule is Cn1ccnc1COc1ccc(C(=O)NNC(=O)c2ccc(Cl)cc2)cc1. The van der Waals surface area contributed by atoms with E-state index in [0.717, 1.165) is 5.82 Å². The van der Waals surface area contributed by atoms with E-state index in [4.69, 9.17) is 16.3 Å². The molecule has 2 amide bonds. The molecule has 0 fully saturated rings. The van der Waals surface area contributed by atoms with Gasteiger partial charge in [-0.25, -0.2) is 4.98 Å². The Morgan fingerprint density at radius 2 is 1.56 bits per heavy atom. The van der Waals surface area contributed by atoms with Crippen molar-refractivity contribution in [1.29, 1.82) is 0 Å². The van der Waals surface area contributed by atoms with E-state index in [1.165, 1.54) is 0 Å². The maximum Gasteiger partial charge on any atom is 0.269 e. The first-order chi connectivity index (χ1) is 13.0. The lowest BCUT2D eigenvalue weighted by atomic mass is 10.2. The highest BCUT2D eigenvalue weighted by molar-refractivity contribution is 6.30. The number of hydrogen-bond acceptors (Lipinski definition) is 4. The van der Waals surface area contributed by atoms with Crippen molar-refractivity contribution < 1.29 is 14.3 Å². The second-order valence-corrected chi connectivity index (χ2v) is 6.12. The average molecular weight is 385 g/mol. The zero-order valence-electron chi connectivity index (χ0n) is 14.5. The number of hydrogen-bond donors (Lipinski definition) is 2. The minimum Gasteiger partial charge on any atom is -0.486 e. The van der Waals surface area contributed by atoms with E-state index >= 15 is 0 Å². The number of halogens is 1. The van der Waals surface area contributed by atoms with Gasteiger partial charge in [0.15, 0.2) is 0 Å². The van der Waals surface area contributed by atoms with Gasteiger partial charge in [-0.2, -0.15) is 0 Å². The van der Waals surface area contributed by atoms with Crippen LogP contribution in [-0.2, 0) is 13.7 Å². The summed E-state index contributed by atoms with van der Waals surface area (Å²) in [5.74, 6) is 0.532. The van der Waals surface area contributed by atoms with Gasteiger partial charge in [0.1, 0.15) is 18.2 Å². The Hall–Kier alpha value is -3.32. The Labute approximate surface area is 160 Å². The van der Waals surface area contributed by atoms with Gasteiger partial charge in [0, 0.05) is 35.6 Å². The molecule has 7 nitrogen and oxygen atoms in total. The lowest BCUT2D eigenvalue weighted by Gasteiger charge is -2.09. The number of benzene rings is 2. The van der Waals surface area contributed by atoms with E-state index in [9.17, 15) is 9.59 Å². The molecule has 0 aliphatic carbocycles. The lowest BCUT2D eigenvalue weighted by molar-refractivity contribution is 0.0846. The van der Waals surface area contributed by atoms with Crippen LogP contribution in [0.1, 0.15) is 26.5 Å². The minimum absolute atomic E-state index is 0.326. The molecule has 3 aromatic rings. The van der Waals surface area contributed by atoms with Crippen LogP contribution in [0, 0.1) is 0 Å². The standard InChI is InChI=1S/C19H17ClN4O3/c1-24-11-10-21-17(24)12-27-16-8-4-14(5-9-16)19(26)23-22-18(25)13-2-6-15(20)7-3-13/h2-11H,12H2,1H3,(H,22,25)(H,23,26). The van der Waals surface area contributed by atoms with E-state index in [-0.39, 0.29) is 0 Å². The number of carbonyl (C=O) groups excluding carboxylic acids is 2. The van der Waals surface area contributed by atoms with Crippen molar-refractivity contribution in [1.82, 2.24) is 20.4 Å². The Balaban J connectivity index is 1.52. The summed E-state index contributed by atoms with van der Waals surface area (Å²) in [7, 11) is 1.89. The molecular weight excluding hydrogens is 368 g/mol. The molecule has 3 rings (SSSR count). The van der Waals surface area contributed by atoms with Crippen molar-refractivity contribution in [3.63, 3.8) is 0 Å². The summed E-state index contributed by atoms with van der Waals surface area (Å²) < 4.78 is 7.50. The lowest BCUT2D eigenvalue weighted by Crippen LogP contribution is -2.41. The first-order valence-electron chi connectivity index (χ1n) is 8.08. The topological polar surface area (TPSA) is 85.2 Å². The molecule has 0 aliphatic rings. The normalized spacial score (nSPS) is 10.3. The number of rotatable bonds is 5. The third kappa shape index (κ3) is 4.86. The molecular formula is C19H17ClN4O3. The van der Waals surface area contributed by atoms with Gasteiger partial charge < -0.3 is 9.30 Å². The summed E-state index contributed by atoms with van der Waals surface area (Å²) in [4.78, 5) is 28.3. The van der Waals surface area contributed by atoms with Crippen LogP contribution in [0.25, 0.3) is 0 Å². The Morgan fingerprint density at radius 1 is 1.00 bits per heavy atom. The summed E-state index contributed by atoms with van der Waals surface area (Å²) in [6.07, 6.45) is 3.54. The van der Waals surface area contributed by atoms with Crippen molar-refractivity contribution in [3.8, 4) is 5.75 Å². The number of aryl methyl sites for hydroxylation is 1. The highest BCUT2D eigenvalue weighted by atomic mass is 35.5. The number of aromatic nitrogens is 2. The van der Waals surface area contributed by atoms with Crippen LogP contribution in [-0.4, -0.2) is 21.4 Å². The number of carbonyl (C=O) groups is 2. The minimum atomic E-state index is -0.437. The largest absolute Gasteiger partial charge is 0.486 e. The van der Waals surface area contributed by atoms with E-state index in [2.05, 4.69) is 15.8 Å². The van der Waals surface area contributed by atoms with Crippen molar-refractivity contribution in [2.45, 2.75) is 6.61 Å². The van der Waals surface area contributed by atoms with Gasteiger partial charge in [0.05, 0.1) is 0 Å². The van der Waals surface area contributed by atoms with Crippen LogP contribution in [0.2, 0.25) is 5.02 Å². The van der Waals surface area contributed by atoms with E-state index in [1.807, 2.05) is 17.8 Å². The molecule has 1 heterocycles. The number of ether oxygens (including phenoxy) is 1. The van der Waals surface area contributed by atoms with Gasteiger partial charge in [-0.15, -0.1) is 0 Å². The number of nitrogens with one attached hydrogen (secondary N) is 2. The molecule has 0 atom stereocenters. The molecule has 2 aromatic carbocycles. The van der Waals surface area contributed by atoms with Crippen LogP contribution in [0.15, 0.2) is 60.9 Å². The van der Waals surface area contributed by atoms with Gasteiger partial charge in [0.2, 0.25) is 0 Å². The Morgan fingerprint density at radius 3 is 2.07 bits per heavy atom. The van der Waals surface area contributed by atoms with Crippen LogP contribution in [0.3, 0.4) is 0 Å². The van der Waals surface area contributed by atoms with Crippen molar-refractivity contribution in [3.05, 3.63) is 82.9 Å². The molecule has 0 saturated carbocycles. The smallest absolute Gasteiger partial charge is 0.269 e. The van der Waals surface area contributed by atoms with Crippen LogP contribution in [0.5, 0.6) is 5.75 Å².